The van der Waals surface area contributed by atoms with Crippen LogP contribution in [-0.2, 0) is 0 Å². The third-order valence-electron chi connectivity index (χ3n) is 0.918. The van der Waals surface area contributed by atoms with Gasteiger partial charge in [-0.1, -0.05) is 11.6 Å². The highest BCUT2D eigenvalue weighted by Crippen LogP contribution is 2.10. The second kappa shape index (κ2) is 2.63. The largest absolute Gasteiger partial charge is 0.232 e. The summed E-state index contributed by atoms with van der Waals surface area (Å²) in [5.74, 6) is -0.805. The van der Waals surface area contributed by atoms with E-state index in [9.17, 15) is 4.39 Å². The molecule has 0 fully saturated rings. The molecule has 4 heteroatoms. The van der Waals surface area contributed by atoms with E-state index in [2.05, 4.69) is 4.98 Å². The molecule has 1 rings (SSSR count). The average molecular weight is 157 g/mol. The zero-order chi connectivity index (χ0) is 7.56. The van der Waals surface area contributed by atoms with Gasteiger partial charge in [0.25, 0.3) is 0 Å². The van der Waals surface area contributed by atoms with Crippen molar-refractivity contribution in [3.63, 3.8) is 0 Å². The van der Waals surface area contributed by atoms with Gasteiger partial charge in [0, 0.05) is 0 Å². The third kappa shape index (κ3) is 1.23. The summed E-state index contributed by atoms with van der Waals surface area (Å²) in [5, 5.41) is 8.16. The first-order valence-corrected chi connectivity index (χ1v) is 2.84. The van der Waals surface area contributed by atoms with Crippen LogP contribution in [0.25, 0.3) is 0 Å². The molecular formula is C6H2ClFN2. The van der Waals surface area contributed by atoms with Crippen LogP contribution in [0.3, 0.4) is 0 Å². The maximum Gasteiger partial charge on any atom is 0.232 e. The zero-order valence-corrected chi connectivity index (χ0v) is 5.56. The average Bonchev–Trinajstić information content (AvgIpc) is 1.95. The van der Waals surface area contributed by atoms with Crippen LogP contribution in [0.4, 0.5) is 4.39 Å². The Labute approximate surface area is 61.9 Å². The van der Waals surface area contributed by atoms with Gasteiger partial charge < -0.3 is 0 Å². The Morgan fingerprint density at radius 2 is 2.30 bits per heavy atom. The van der Waals surface area contributed by atoms with Crippen molar-refractivity contribution >= 4 is 11.6 Å². The Bertz CT molecular complexity index is 292. The van der Waals surface area contributed by atoms with Gasteiger partial charge in [0.1, 0.15) is 11.8 Å². The van der Waals surface area contributed by atoms with Gasteiger partial charge in [-0.15, -0.1) is 0 Å². The standard InChI is InChI=1S/C6H2ClFN2/c7-5-2-1-4(3-9)10-6(5)8/h1-2H. The van der Waals surface area contributed by atoms with Crippen molar-refractivity contribution in [2.75, 3.05) is 0 Å². The van der Waals surface area contributed by atoms with Gasteiger partial charge in [0.15, 0.2) is 0 Å². The lowest BCUT2D eigenvalue weighted by Gasteiger charge is -1.90. The number of aromatic nitrogens is 1. The van der Waals surface area contributed by atoms with E-state index in [0.717, 1.165) is 0 Å². The molecule has 1 aromatic rings. The zero-order valence-electron chi connectivity index (χ0n) is 4.81. The minimum Gasteiger partial charge on any atom is -0.208 e. The third-order valence-corrected chi connectivity index (χ3v) is 1.20. The SMILES string of the molecule is N#Cc1ccc(Cl)c(F)n1. The molecule has 2 nitrogen and oxygen atoms in total. The number of nitriles is 1. The van der Waals surface area contributed by atoms with E-state index >= 15 is 0 Å². The maximum atomic E-state index is 12.4. The molecule has 50 valence electrons. The first-order chi connectivity index (χ1) is 4.74. The van der Waals surface area contributed by atoms with Gasteiger partial charge in [-0.3, -0.25) is 0 Å². The summed E-state index contributed by atoms with van der Waals surface area (Å²) in [6.45, 7) is 0. The molecule has 0 aliphatic heterocycles. The molecule has 0 bridgehead atoms. The Morgan fingerprint density at radius 1 is 1.60 bits per heavy atom. The highest BCUT2D eigenvalue weighted by molar-refractivity contribution is 6.30. The molecule has 0 aromatic carbocycles. The lowest BCUT2D eigenvalue weighted by atomic mass is 10.4. The predicted octanol–water partition coefficient (Wildman–Crippen LogP) is 1.75. The Morgan fingerprint density at radius 3 is 2.80 bits per heavy atom. The molecule has 0 amide bonds. The van der Waals surface area contributed by atoms with E-state index in [4.69, 9.17) is 16.9 Å². The fraction of sp³-hybridized carbons (Fsp3) is 0. The smallest absolute Gasteiger partial charge is 0.208 e. The Balaban J connectivity index is 3.20. The minimum atomic E-state index is -0.805. The molecule has 1 heterocycles. The molecule has 0 radical (unpaired) electrons. The molecule has 0 aliphatic rings. The molecule has 1 aromatic heterocycles. The maximum absolute atomic E-state index is 12.4. The van der Waals surface area contributed by atoms with Crippen LogP contribution in [0.15, 0.2) is 12.1 Å². The van der Waals surface area contributed by atoms with Gasteiger partial charge in [-0.05, 0) is 12.1 Å². The quantitative estimate of drug-likeness (QED) is 0.537. The van der Waals surface area contributed by atoms with E-state index < -0.39 is 5.95 Å². The van der Waals surface area contributed by atoms with Crippen LogP contribution in [0, 0.1) is 17.3 Å². The van der Waals surface area contributed by atoms with Gasteiger partial charge >= 0.3 is 0 Å². The highest BCUT2D eigenvalue weighted by atomic mass is 35.5. The van der Waals surface area contributed by atoms with Crippen LogP contribution in [-0.4, -0.2) is 4.98 Å². The molecule has 0 unspecified atom stereocenters. The summed E-state index contributed by atoms with van der Waals surface area (Å²) < 4.78 is 12.4. The number of nitrogens with zero attached hydrogens (tertiary/aromatic N) is 2. The second-order valence-corrected chi connectivity index (χ2v) is 1.99. The van der Waals surface area contributed by atoms with Crippen LogP contribution >= 0.6 is 11.6 Å². The number of halogens is 2. The summed E-state index contributed by atoms with van der Waals surface area (Å²) in [6, 6.07) is 4.33. The van der Waals surface area contributed by atoms with Gasteiger partial charge in [0.05, 0.1) is 5.02 Å². The normalized spacial score (nSPS) is 8.90. The summed E-state index contributed by atoms with van der Waals surface area (Å²) >= 11 is 5.29. The van der Waals surface area contributed by atoms with Gasteiger partial charge in [-0.2, -0.15) is 9.65 Å². The monoisotopic (exact) mass is 156 g/mol. The molecule has 0 aliphatic carbocycles. The molecule has 10 heavy (non-hydrogen) atoms. The van der Waals surface area contributed by atoms with E-state index in [1.165, 1.54) is 12.1 Å². The lowest BCUT2D eigenvalue weighted by Crippen LogP contribution is -1.87. The molecule has 0 saturated carbocycles. The fourth-order valence-electron chi connectivity index (χ4n) is 0.480. The number of hydrogen-bond donors (Lipinski definition) is 0. The highest BCUT2D eigenvalue weighted by Gasteiger charge is 2.00. The first kappa shape index (κ1) is 6.97. The van der Waals surface area contributed by atoms with Crippen LogP contribution in [0.5, 0.6) is 0 Å². The van der Waals surface area contributed by atoms with Crippen molar-refractivity contribution in [3.8, 4) is 6.07 Å². The van der Waals surface area contributed by atoms with E-state index in [0.29, 0.717) is 0 Å². The fourth-order valence-corrected chi connectivity index (χ4v) is 0.585. The lowest BCUT2D eigenvalue weighted by molar-refractivity contribution is 0.583. The van der Waals surface area contributed by atoms with Crippen molar-refractivity contribution in [2.45, 2.75) is 0 Å². The first-order valence-electron chi connectivity index (χ1n) is 2.46. The molecule has 0 N–H and O–H groups in total. The summed E-state index contributed by atoms with van der Waals surface area (Å²) in [5.41, 5.74) is 0.0295. The summed E-state index contributed by atoms with van der Waals surface area (Å²) in [6.07, 6.45) is 0. The van der Waals surface area contributed by atoms with Crippen LogP contribution in [0.1, 0.15) is 5.69 Å². The van der Waals surface area contributed by atoms with Crippen molar-refractivity contribution in [1.82, 2.24) is 4.98 Å². The molecule has 0 saturated heterocycles. The number of rotatable bonds is 0. The molecule has 0 atom stereocenters. The number of hydrogen-bond acceptors (Lipinski definition) is 2. The van der Waals surface area contributed by atoms with Crippen LogP contribution < -0.4 is 0 Å². The van der Waals surface area contributed by atoms with E-state index in [-0.39, 0.29) is 10.7 Å². The van der Waals surface area contributed by atoms with E-state index in [1.807, 2.05) is 0 Å². The predicted molar refractivity (Wildman–Crippen MR) is 33.9 cm³/mol. The molecular weight excluding hydrogens is 155 g/mol. The van der Waals surface area contributed by atoms with Gasteiger partial charge in [0.2, 0.25) is 5.95 Å². The van der Waals surface area contributed by atoms with Gasteiger partial charge in [-0.25, -0.2) is 4.98 Å². The van der Waals surface area contributed by atoms with Crippen molar-refractivity contribution < 1.29 is 4.39 Å². The molecule has 0 spiro atoms. The number of pyridine rings is 1. The topological polar surface area (TPSA) is 36.7 Å². The Kier molecular flexibility index (Phi) is 1.83. The second-order valence-electron chi connectivity index (χ2n) is 1.58. The van der Waals surface area contributed by atoms with Crippen molar-refractivity contribution in [3.05, 3.63) is 28.8 Å². The van der Waals surface area contributed by atoms with Crippen molar-refractivity contribution in [2.24, 2.45) is 0 Å². The van der Waals surface area contributed by atoms with E-state index in [1.54, 1.807) is 6.07 Å². The minimum absolute atomic E-state index is 0.0295. The van der Waals surface area contributed by atoms with Crippen LogP contribution in [0.2, 0.25) is 5.02 Å². The summed E-state index contributed by atoms with van der Waals surface area (Å²) in [4.78, 5) is 3.23. The van der Waals surface area contributed by atoms with Crippen molar-refractivity contribution in [1.29, 1.82) is 5.26 Å². The Hall–Kier alpha value is -1.14. The summed E-state index contributed by atoms with van der Waals surface area (Å²) in [7, 11) is 0.